The number of para-hydroxylation sites is 1. The van der Waals surface area contributed by atoms with E-state index in [2.05, 4.69) is 15.6 Å². The molecule has 2 heterocycles. The number of carbonyl (C=O) groups is 2. The quantitative estimate of drug-likeness (QED) is 0.560. The van der Waals surface area contributed by atoms with E-state index in [1.165, 1.54) is 13.3 Å². The highest BCUT2D eigenvalue weighted by Crippen LogP contribution is 2.46. The summed E-state index contributed by atoms with van der Waals surface area (Å²) in [5, 5.41) is 6.75. The molecule has 1 aromatic heterocycles. The minimum absolute atomic E-state index is 0.255. The fraction of sp³-hybridized carbons (Fsp3) is 0.360. The molecule has 5 rings (SSSR count). The second-order valence-electron chi connectivity index (χ2n) is 8.64. The molecule has 0 radical (unpaired) electrons. The molecule has 1 atom stereocenters. The predicted octanol–water partition coefficient (Wildman–Crippen LogP) is 4.29. The molecule has 1 aliphatic heterocycles. The van der Waals surface area contributed by atoms with Gasteiger partial charge in [0.1, 0.15) is 6.04 Å². The Bertz CT molecular complexity index is 1160. The molecule has 2 amide bonds. The highest BCUT2D eigenvalue weighted by Gasteiger charge is 2.42. The third-order valence-electron chi connectivity index (χ3n) is 6.21. The molecule has 3 aromatic rings. The van der Waals surface area contributed by atoms with Gasteiger partial charge in [-0.3, -0.25) is 9.59 Å². The molecule has 0 unspecified atom stereocenters. The van der Waals surface area contributed by atoms with E-state index in [1.807, 2.05) is 36.5 Å². The Balaban J connectivity index is 1.32. The SMILES string of the molecule is CC(=O)N[C@@H](Cc1c[nH]c2ccccc12)C(=O)Nc1ccc2c(c1)OC1(CCCCC1)O2. The van der Waals surface area contributed by atoms with Crippen LogP contribution in [-0.2, 0) is 16.0 Å². The summed E-state index contributed by atoms with van der Waals surface area (Å²) in [5.74, 6) is 0.267. The summed E-state index contributed by atoms with van der Waals surface area (Å²) >= 11 is 0. The van der Waals surface area contributed by atoms with Crippen LogP contribution in [0, 0.1) is 0 Å². The molecule has 32 heavy (non-hydrogen) atoms. The molecule has 7 nitrogen and oxygen atoms in total. The third kappa shape index (κ3) is 4.02. The van der Waals surface area contributed by atoms with E-state index < -0.39 is 11.8 Å². The molecule has 1 spiro atoms. The lowest BCUT2D eigenvalue weighted by molar-refractivity contribution is -0.125. The zero-order chi connectivity index (χ0) is 22.1. The maximum Gasteiger partial charge on any atom is 0.251 e. The number of aromatic nitrogens is 1. The molecular weight excluding hydrogens is 406 g/mol. The van der Waals surface area contributed by atoms with Crippen molar-refractivity contribution >= 4 is 28.4 Å². The standard InChI is InChI=1S/C25H27N3O4/c1-16(29)27-21(13-17-15-26-20-8-4-3-7-19(17)20)24(30)28-18-9-10-22-23(14-18)32-25(31-22)11-5-2-6-12-25/h3-4,7-10,14-15,21,26H,2,5-6,11-13H2,1H3,(H,27,29)(H,28,30)/t21-/m0/s1. The van der Waals surface area contributed by atoms with E-state index >= 15 is 0 Å². The lowest BCUT2D eigenvalue weighted by Crippen LogP contribution is -2.44. The zero-order valence-corrected chi connectivity index (χ0v) is 18.1. The number of amides is 2. The summed E-state index contributed by atoms with van der Waals surface area (Å²) in [6.45, 7) is 1.42. The molecule has 1 aliphatic carbocycles. The van der Waals surface area contributed by atoms with E-state index in [1.54, 1.807) is 12.1 Å². The Hall–Kier alpha value is -3.48. The van der Waals surface area contributed by atoms with Crippen LogP contribution in [0.25, 0.3) is 10.9 Å². The van der Waals surface area contributed by atoms with Crippen molar-refractivity contribution < 1.29 is 19.1 Å². The van der Waals surface area contributed by atoms with Crippen LogP contribution in [0.2, 0.25) is 0 Å². The van der Waals surface area contributed by atoms with Gasteiger partial charge in [-0.1, -0.05) is 24.6 Å². The van der Waals surface area contributed by atoms with E-state index in [4.69, 9.17) is 9.47 Å². The van der Waals surface area contributed by atoms with Gasteiger partial charge in [0.15, 0.2) is 11.5 Å². The van der Waals surface area contributed by atoms with Crippen LogP contribution in [0.15, 0.2) is 48.7 Å². The van der Waals surface area contributed by atoms with Crippen molar-refractivity contribution in [2.24, 2.45) is 0 Å². The van der Waals surface area contributed by atoms with Gasteiger partial charge in [0.05, 0.1) is 0 Å². The number of nitrogens with one attached hydrogen (secondary N) is 3. The number of rotatable bonds is 5. The van der Waals surface area contributed by atoms with E-state index in [0.29, 0.717) is 23.6 Å². The molecule has 7 heteroatoms. The van der Waals surface area contributed by atoms with Gasteiger partial charge in [0.2, 0.25) is 11.8 Å². The topological polar surface area (TPSA) is 92.5 Å². The lowest BCUT2D eigenvalue weighted by Gasteiger charge is -2.31. The second kappa shape index (κ2) is 8.22. The molecule has 2 aliphatic rings. The highest BCUT2D eigenvalue weighted by molar-refractivity contribution is 5.98. The molecule has 3 N–H and O–H groups in total. The number of H-pyrrole nitrogens is 1. The Labute approximate surface area is 186 Å². The molecule has 0 saturated heterocycles. The van der Waals surface area contributed by atoms with Crippen molar-refractivity contribution in [3.05, 3.63) is 54.2 Å². The predicted molar refractivity (Wildman–Crippen MR) is 122 cm³/mol. The first-order valence-corrected chi connectivity index (χ1v) is 11.2. The normalized spacial score (nSPS) is 17.3. The zero-order valence-electron chi connectivity index (χ0n) is 18.1. The Morgan fingerprint density at radius 1 is 1.06 bits per heavy atom. The first-order valence-electron chi connectivity index (χ1n) is 11.2. The molecule has 166 valence electrons. The number of aromatic amines is 1. The summed E-state index contributed by atoms with van der Waals surface area (Å²) in [6, 6.07) is 12.6. The monoisotopic (exact) mass is 433 g/mol. The maximum atomic E-state index is 13.1. The fourth-order valence-corrected chi connectivity index (χ4v) is 4.67. The van der Waals surface area contributed by atoms with Gasteiger partial charge >= 0.3 is 0 Å². The molecule has 1 fully saturated rings. The highest BCUT2D eigenvalue weighted by atomic mass is 16.7. The first kappa shape index (κ1) is 20.4. The number of fused-ring (bicyclic) bond motifs is 2. The summed E-state index contributed by atoms with van der Waals surface area (Å²) < 4.78 is 12.3. The third-order valence-corrected chi connectivity index (χ3v) is 6.21. The minimum Gasteiger partial charge on any atom is -0.448 e. The fourth-order valence-electron chi connectivity index (χ4n) is 4.67. The summed E-state index contributed by atoms with van der Waals surface area (Å²) in [5.41, 5.74) is 2.58. The van der Waals surface area contributed by atoms with Crippen LogP contribution in [0.5, 0.6) is 11.5 Å². The van der Waals surface area contributed by atoms with Crippen molar-refractivity contribution in [1.82, 2.24) is 10.3 Å². The van der Waals surface area contributed by atoms with E-state index in [-0.39, 0.29) is 11.8 Å². The van der Waals surface area contributed by atoms with Gasteiger partial charge in [-0.15, -0.1) is 0 Å². The average Bonchev–Trinajstić information content (AvgIpc) is 3.34. The largest absolute Gasteiger partial charge is 0.448 e. The molecule has 0 bridgehead atoms. The van der Waals surface area contributed by atoms with Crippen LogP contribution < -0.4 is 20.1 Å². The van der Waals surface area contributed by atoms with Crippen molar-refractivity contribution in [2.45, 2.75) is 57.3 Å². The van der Waals surface area contributed by atoms with Crippen molar-refractivity contribution in [1.29, 1.82) is 0 Å². The number of benzene rings is 2. The summed E-state index contributed by atoms with van der Waals surface area (Å²) in [7, 11) is 0. The van der Waals surface area contributed by atoms with Gasteiger partial charge in [-0.2, -0.15) is 0 Å². The van der Waals surface area contributed by atoms with Gasteiger partial charge in [-0.05, 0) is 36.6 Å². The number of hydrogen-bond acceptors (Lipinski definition) is 4. The molecule has 1 saturated carbocycles. The number of hydrogen-bond donors (Lipinski definition) is 3. The first-order chi connectivity index (χ1) is 15.5. The van der Waals surface area contributed by atoms with Gasteiger partial charge in [0.25, 0.3) is 5.79 Å². The van der Waals surface area contributed by atoms with Crippen LogP contribution in [0.4, 0.5) is 5.69 Å². The molecular formula is C25H27N3O4. The Morgan fingerprint density at radius 2 is 1.84 bits per heavy atom. The Morgan fingerprint density at radius 3 is 2.66 bits per heavy atom. The van der Waals surface area contributed by atoms with Gasteiger partial charge in [-0.25, -0.2) is 0 Å². The van der Waals surface area contributed by atoms with E-state index in [0.717, 1.165) is 42.1 Å². The van der Waals surface area contributed by atoms with Crippen molar-refractivity contribution in [3.8, 4) is 11.5 Å². The van der Waals surface area contributed by atoms with E-state index in [9.17, 15) is 9.59 Å². The minimum atomic E-state index is -0.707. The van der Waals surface area contributed by atoms with Crippen molar-refractivity contribution in [3.63, 3.8) is 0 Å². The Kier molecular flexibility index (Phi) is 5.25. The van der Waals surface area contributed by atoms with Crippen LogP contribution in [-0.4, -0.2) is 28.6 Å². The number of anilines is 1. The summed E-state index contributed by atoms with van der Waals surface area (Å²) in [4.78, 5) is 28.1. The summed E-state index contributed by atoms with van der Waals surface area (Å²) in [6.07, 6.45) is 7.39. The number of carbonyl (C=O) groups excluding carboxylic acids is 2. The van der Waals surface area contributed by atoms with Gasteiger partial charge < -0.3 is 25.1 Å². The average molecular weight is 434 g/mol. The maximum absolute atomic E-state index is 13.1. The van der Waals surface area contributed by atoms with Crippen LogP contribution in [0.1, 0.15) is 44.6 Å². The number of ether oxygens (including phenoxy) is 2. The van der Waals surface area contributed by atoms with Crippen LogP contribution >= 0.6 is 0 Å². The van der Waals surface area contributed by atoms with Crippen molar-refractivity contribution in [2.75, 3.05) is 5.32 Å². The van der Waals surface area contributed by atoms with Crippen LogP contribution in [0.3, 0.4) is 0 Å². The second-order valence-corrected chi connectivity index (χ2v) is 8.64. The lowest BCUT2D eigenvalue weighted by atomic mass is 9.94. The van der Waals surface area contributed by atoms with Gasteiger partial charge in [0, 0.05) is 55.0 Å². The smallest absolute Gasteiger partial charge is 0.251 e. The molecule has 2 aromatic carbocycles.